The summed E-state index contributed by atoms with van der Waals surface area (Å²) in [5.41, 5.74) is -0.984. The van der Waals surface area contributed by atoms with Crippen LogP contribution < -0.4 is 5.32 Å². The van der Waals surface area contributed by atoms with E-state index in [1.165, 1.54) is 36.8 Å². The molecule has 1 unspecified atom stereocenters. The fourth-order valence-corrected chi connectivity index (χ4v) is 2.01. The van der Waals surface area contributed by atoms with Crippen LogP contribution in [0.25, 0.3) is 0 Å². The SMILES string of the molecule is CCNC(=O)OC(c1cnccn1)c1ccccc1C(F)(F)F. The second kappa shape index (κ2) is 7.08. The van der Waals surface area contributed by atoms with Crippen LogP contribution in [0.1, 0.15) is 29.8 Å². The molecular formula is C15H14F3N3O2. The quantitative estimate of drug-likeness (QED) is 0.936. The van der Waals surface area contributed by atoms with E-state index in [4.69, 9.17) is 4.74 Å². The average Bonchev–Trinajstić information content (AvgIpc) is 2.53. The highest BCUT2D eigenvalue weighted by molar-refractivity contribution is 5.68. The normalized spacial score (nSPS) is 12.5. The van der Waals surface area contributed by atoms with Gasteiger partial charge in [-0.1, -0.05) is 18.2 Å². The maximum Gasteiger partial charge on any atom is 0.416 e. The minimum Gasteiger partial charge on any atom is -0.435 e. The topological polar surface area (TPSA) is 64.1 Å². The van der Waals surface area contributed by atoms with E-state index in [0.29, 0.717) is 0 Å². The van der Waals surface area contributed by atoms with Crippen LogP contribution in [0.15, 0.2) is 42.9 Å². The van der Waals surface area contributed by atoms with Crippen molar-refractivity contribution in [2.24, 2.45) is 0 Å². The Morgan fingerprint density at radius 1 is 1.30 bits per heavy atom. The number of halogens is 3. The Morgan fingerprint density at radius 3 is 2.65 bits per heavy atom. The predicted octanol–water partition coefficient (Wildman–Crippen LogP) is 3.33. The van der Waals surface area contributed by atoms with E-state index in [1.54, 1.807) is 6.92 Å². The van der Waals surface area contributed by atoms with E-state index in [0.717, 1.165) is 6.07 Å². The highest BCUT2D eigenvalue weighted by Crippen LogP contribution is 2.37. The Hall–Kier alpha value is -2.64. The molecule has 0 spiro atoms. The number of ether oxygens (including phenoxy) is 1. The molecule has 0 aliphatic rings. The van der Waals surface area contributed by atoms with Gasteiger partial charge in [0.25, 0.3) is 0 Å². The van der Waals surface area contributed by atoms with Crippen LogP contribution in [-0.2, 0) is 10.9 Å². The monoisotopic (exact) mass is 325 g/mol. The molecule has 2 rings (SSSR count). The summed E-state index contributed by atoms with van der Waals surface area (Å²) in [6.07, 6.45) is -2.77. The van der Waals surface area contributed by atoms with E-state index < -0.39 is 23.9 Å². The number of nitrogens with zero attached hydrogens (tertiary/aromatic N) is 2. The lowest BCUT2D eigenvalue weighted by Crippen LogP contribution is -2.27. The number of carbonyl (C=O) groups is 1. The fourth-order valence-electron chi connectivity index (χ4n) is 2.01. The smallest absolute Gasteiger partial charge is 0.416 e. The number of nitrogens with one attached hydrogen (secondary N) is 1. The van der Waals surface area contributed by atoms with Crippen molar-refractivity contribution in [2.75, 3.05) is 6.54 Å². The molecule has 1 heterocycles. The Bertz CT molecular complexity index is 663. The summed E-state index contributed by atoms with van der Waals surface area (Å²) >= 11 is 0. The zero-order valence-corrected chi connectivity index (χ0v) is 12.2. The van der Waals surface area contributed by atoms with Crippen LogP contribution in [-0.4, -0.2) is 22.6 Å². The molecule has 0 aliphatic carbocycles. The lowest BCUT2D eigenvalue weighted by molar-refractivity contribution is -0.139. The Morgan fingerprint density at radius 2 is 2.04 bits per heavy atom. The van der Waals surface area contributed by atoms with Gasteiger partial charge in [-0.3, -0.25) is 9.97 Å². The van der Waals surface area contributed by atoms with E-state index in [2.05, 4.69) is 15.3 Å². The van der Waals surface area contributed by atoms with Crippen molar-refractivity contribution in [3.63, 3.8) is 0 Å². The van der Waals surface area contributed by atoms with Gasteiger partial charge >= 0.3 is 12.3 Å². The van der Waals surface area contributed by atoms with E-state index in [9.17, 15) is 18.0 Å². The van der Waals surface area contributed by atoms with E-state index in [-0.39, 0.29) is 17.8 Å². The molecule has 1 amide bonds. The standard InChI is InChI=1S/C15H14F3N3O2/c1-2-20-14(22)23-13(12-9-19-7-8-21-12)10-5-3-4-6-11(10)15(16,17)18/h3-9,13H,2H2,1H3,(H,20,22). The Balaban J connectivity index is 2.48. The van der Waals surface area contributed by atoms with Crippen molar-refractivity contribution < 1.29 is 22.7 Å². The van der Waals surface area contributed by atoms with Crippen molar-refractivity contribution in [2.45, 2.75) is 19.2 Å². The molecule has 0 radical (unpaired) electrons. The molecule has 23 heavy (non-hydrogen) atoms. The van der Waals surface area contributed by atoms with Crippen LogP contribution in [0.5, 0.6) is 0 Å². The number of alkyl halides is 3. The van der Waals surface area contributed by atoms with Gasteiger partial charge in [-0.15, -0.1) is 0 Å². The molecule has 0 bridgehead atoms. The number of benzene rings is 1. The van der Waals surface area contributed by atoms with Gasteiger partial charge in [-0.25, -0.2) is 4.79 Å². The number of hydrogen-bond donors (Lipinski definition) is 1. The Kier molecular flexibility index (Phi) is 5.15. The maximum atomic E-state index is 13.2. The maximum absolute atomic E-state index is 13.2. The van der Waals surface area contributed by atoms with Crippen molar-refractivity contribution >= 4 is 6.09 Å². The number of aromatic nitrogens is 2. The molecular weight excluding hydrogens is 311 g/mol. The van der Waals surface area contributed by atoms with Gasteiger partial charge in [0.05, 0.1) is 11.8 Å². The zero-order valence-electron chi connectivity index (χ0n) is 12.2. The van der Waals surface area contributed by atoms with Crippen LogP contribution in [0.3, 0.4) is 0 Å². The van der Waals surface area contributed by atoms with Gasteiger partial charge in [-0.05, 0) is 13.0 Å². The molecule has 0 fully saturated rings. The number of amides is 1. The van der Waals surface area contributed by atoms with Crippen molar-refractivity contribution in [1.82, 2.24) is 15.3 Å². The fraction of sp³-hybridized carbons (Fsp3) is 0.267. The third-order valence-corrected chi connectivity index (χ3v) is 2.95. The largest absolute Gasteiger partial charge is 0.435 e. The van der Waals surface area contributed by atoms with Crippen LogP contribution in [0.2, 0.25) is 0 Å². The first-order valence-electron chi connectivity index (χ1n) is 6.80. The van der Waals surface area contributed by atoms with Crippen molar-refractivity contribution in [3.05, 3.63) is 59.7 Å². The third kappa shape index (κ3) is 4.18. The summed E-state index contributed by atoms with van der Waals surface area (Å²) in [5.74, 6) is 0. The number of rotatable bonds is 4. The predicted molar refractivity (Wildman–Crippen MR) is 75.5 cm³/mol. The van der Waals surface area contributed by atoms with Gasteiger partial charge in [0, 0.05) is 24.5 Å². The van der Waals surface area contributed by atoms with Crippen molar-refractivity contribution in [1.29, 1.82) is 0 Å². The lowest BCUT2D eigenvalue weighted by atomic mass is 10.00. The number of carbonyl (C=O) groups excluding carboxylic acids is 1. The van der Waals surface area contributed by atoms with Gasteiger partial charge in [0.15, 0.2) is 6.10 Å². The summed E-state index contributed by atoms with van der Waals surface area (Å²) in [5, 5.41) is 2.38. The van der Waals surface area contributed by atoms with Crippen molar-refractivity contribution in [3.8, 4) is 0 Å². The molecule has 8 heteroatoms. The molecule has 122 valence electrons. The molecule has 5 nitrogen and oxygen atoms in total. The molecule has 1 aromatic carbocycles. The summed E-state index contributed by atoms with van der Waals surface area (Å²) in [6, 6.07) is 4.89. The molecule has 1 N–H and O–H groups in total. The summed E-state index contributed by atoms with van der Waals surface area (Å²) in [7, 11) is 0. The van der Waals surface area contributed by atoms with Crippen LogP contribution >= 0.6 is 0 Å². The Labute approximate surface area is 130 Å². The molecule has 0 saturated heterocycles. The average molecular weight is 325 g/mol. The minimum absolute atomic E-state index is 0.107. The van der Waals surface area contributed by atoms with Gasteiger partial charge in [-0.2, -0.15) is 13.2 Å². The second-order valence-corrected chi connectivity index (χ2v) is 4.53. The van der Waals surface area contributed by atoms with Crippen LogP contribution in [0, 0.1) is 0 Å². The third-order valence-electron chi connectivity index (χ3n) is 2.95. The first-order valence-corrected chi connectivity index (χ1v) is 6.80. The number of hydrogen-bond acceptors (Lipinski definition) is 4. The van der Waals surface area contributed by atoms with Gasteiger partial charge in [0.1, 0.15) is 5.69 Å². The first-order chi connectivity index (χ1) is 10.9. The first kappa shape index (κ1) is 16.7. The molecule has 1 aromatic heterocycles. The van der Waals surface area contributed by atoms with Gasteiger partial charge < -0.3 is 10.1 Å². The summed E-state index contributed by atoms with van der Waals surface area (Å²) < 4.78 is 44.8. The highest BCUT2D eigenvalue weighted by Gasteiger charge is 2.36. The van der Waals surface area contributed by atoms with Crippen LogP contribution in [0.4, 0.5) is 18.0 Å². The minimum atomic E-state index is -4.58. The highest BCUT2D eigenvalue weighted by atomic mass is 19.4. The lowest BCUT2D eigenvalue weighted by Gasteiger charge is -2.21. The number of alkyl carbamates (subject to hydrolysis) is 1. The molecule has 0 aliphatic heterocycles. The summed E-state index contributed by atoms with van der Waals surface area (Å²) in [6.45, 7) is 1.95. The van der Waals surface area contributed by atoms with Gasteiger partial charge in [0.2, 0.25) is 0 Å². The van der Waals surface area contributed by atoms with E-state index in [1.807, 2.05) is 0 Å². The molecule has 0 saturated carbocycles. The van der Waals surface area contributed by atoms with E-state index >= 15 is 0 Å². The molecule has 2 aromatic rings. The summed E-state index contributed by atoms with van der Waals surface area (Å²) in [4.78, 5) is 19.5. The second-order valence-electron chi connectivity index (χ2n) is 4.53. The molecule has 1 atom stereocenters. The zero-order chi connectivity index (χ0) is 16.9.